The van der Waals surface area contributed by atoms with Gasteiger partial charge in [-0.05, 0) is 11.5 Å². The third-order valence-electron chi connectivity index (χ3n) is 2.09. The summed E-state index contributed by atoms with van der Waals surface area (Å²) in [5.74, 6) is -0.270. The molecule has 82 valence electrons. The topological polar surface area (TPSA) is 56.0 Å². The number of pyridine rings is 1. The molecule has 0 bridgehead atoms. The zero-order chi connectivity index (χ0) is 11.4. The van der Waals surface area contributed by atoms with E-state index in [1.807, 2.05) is 29.9 Å². The molecule has 2 rings (SSSR count). The maximum absolute atomic E-state index is 11.0. The van der Waals surface area contributed by atoms with Crippen LogP contribution in [-0.2, 0) is 16.1 Å². The van der Waals surface area contributed by atoms with E-state index in [1.165, 1.54) is 18.6 Å². The van der Waals surface area contributed by atoms with E-state index in [9.17, 15) is 4.79 Å². The predicted octanol–water partition coefficient (Wildman–Crippen LogP) is 0.666. The van der Waals surface area contributed by atoms with E-state index in [2.05, 4.69) is 14.3 Å². The van der Waals surface area contributed by atoms with Crippen molar-refractivity contribution < 1.29 is 14.1 Å². The average molecular weight is 236 g/mol. The highest BCUT2D eigenvalue weighted by atomic mass is 32.1. The van der Waals surface area contributed by atoms with Crippen LogP contribution in [0.1, 0.15) is 0 Å². The second kappa shape index (κ2) is 4.80. The van der Waals surface area contributed by atoms with Gasteiger partial charge in [-0.3, -0.25) is 0 Å². The molecule has 0 atom stereocenters. The van der Waals surface area contributed by atoms with Crippen LogP contribution in [0.2, 0.25) is 0 Å². The van der Waals surface area contributed by atoms with Crippen LogP contribution < -0.4 is 4.57 Å². The van der Waals surface area contributed by atoms with Gasteiger partial charge < -0.3 is 4.74 Å². The number of esters is 1. The van der Waals surface area contributed by atoms with Crippen molar-refractivity contribution in [3.05, 3.63) is 29.9 Å². The van der Waals surface area contributed by atoms with Crippen molar-refractivity contribution in [2.45, 2.75) is 6.54 Å². The highest BCUT2D eigenvalue weighted by Gasteiger charge is 2.09. The van der Waals surface area contributed by atoms with Gasteiger partial charge >= 0.3 is 5.97 Å². The summed E-state index contributed by atoms with van der Waals surface area (Å²) >= 11 is 1.31. The van der Waals surface area contributed by atoms with Gasteiger partial charge in [0, 0.05) is 23.1 Å². The number of aromatic nitrogens is 3. The summed E-state index contributed by atoms with van der Waals surface area (Å²) < 4.78 is 10.1. The van der Waals surface area contributed by atoms with Crippen LogP contribution in [0.3, 0.4) is 0 Å². The van der Waals surface area contributed by atoms with Crippen molar-refractivity contribution in [3.8, 4) is 11.3 Å². The van der Waals surface area contributed by atoms with E-state index in [0.29, 0.717) is 0 Å². The fraction of sp³-hybridized carbons (Fsp3) is 0.200. The first-order valence-electron chi connectivity index (χ1n) is 4.63. The molecule has 16 heavy (non-hydrogen) atoms. The third kappa shape index (κ3) is 2.40. The lowest BCUT2D eigenvalue weighted by Gasteiger charge is -1.96. The SMILES string of the molecule is COC(=O)C[n+]1ccc(-c2csnn2)cc1. The maximum Gasteiger partial charge on any atom is 0.372 e. The van der Waals surface area contributed by atoms with Gasteiger partial charge in [0.05, 0.1) is 7.11 Å². The number of hydrogen-bond acceptors (Lipinski definition) is 5. The van der Waals surface area contributed by atoms with Crippen molar-refractivity contribution in [1.82, 2.24) is 9.59 Å². The van der Waals surface area contributed by atoms with E-state index >= 15 is 0 Å². The molecule has 2 aromatic rings. The van der Waals surface area contributed by atoms with Gasteiger partial charge in [-0.2, -0.15) is 4.57 Å². The molecular formula is C10H10N3O2S+. The molecule has 0 aliphatic rings. The maximum atomic E-state index is 11.0. The summed E-state index contributed by atoms with van der Waals surface area (Å²) in [6.07, 6.45) is 3.62. The lowest BCUT2D eigenvalue weighted by atomic mass is 10.2. The molecule has 0 spiro atoms. The van der Waals surface area contributed by atoms with Gasteiger partial charge in [-0.25, -0.2) is 4.79 Å². The van der Waals surface area contributed by atoms with Crippen LogP contribution in [0.5, 0.6) is 0 Å². The number of methoxy groups -OCH3 is 1. The second-order valence-corrected chi connectivity index (χ2v) is 3.74. The molecular weight excluding hydrogens is 226 g/mol. The van der Waals surface area contributed by atoms with Crippen LogP contribution in [0, 0.1) is 0 Å². The third-order valence-corrected chi connectivity index (χ3v) is 2.59. The number of ether oxygens (including phenoxy) is 1. The molecule has 0 radical (unpaired) electrons. The minimum absolute atomic E-state index is 0.214. The van der Waals surface area contributed by atoms with Crippen molar-refractivity contribution in [3.63, 3.8) is 0 Å². The summed E-state index contributed by atoms with van der Waals surface area (Å²) in [7, 11) is 1.37. The Hall–Kier alpha value is -1.82. The van der Waals surface area contributed by atoms with Crippen LogP contribution in [-0.4, -0.2) is 22.7 Å². The fourth-order valence-electron chi connectivity index (χ4n) is 1.24. The lowest BCUT2D eigenvalue weighted by Crippen LogP contribution is -2.37. The van der Waals surface area contributed by atoms with Crippen molar-refractivity contribution in [2.24, 2.45) is 0 Å². The number of rotatable bonds is 3. The normalized spacial score (nSPS) is 10.1. The zero-order valence-electron chi connectivity index (χ0n) is 8.66. The summed E-state index contributed by atoms with van der Waals surface area (Å²) in [5.41, 5.74) is 1.82. The number of carbonyl (C=O) groups excluding carboxylic acids is 1. The number of carbonyl (C=O) groups is 1. The molecule has 0 fully saturated rings. The van der Waals surface area contributed by atoms with Gasteiger partial charge in [0.2, 0.25) is 6.54 Å². The summed E-state index contributed by atoms with van der Waals surface area (Å²) in [6.45, 7) is 0.214. The average Bonchev–Trinajstić information content (AvgIpc) is 2.83. The Bertz CT molecular complexity index is 467. The minimum Gasteiger partial charge on any atom is -0.464 e. The first kappa shape index (κ1) is 10.7. The molecule has 0 N–H and O–H groups in total. The molecule has 0 saturated heterocycles. The predicted molar refractivity (Wildman–Crippen MR) is 57.6 cm³/mol. The van der Waals surface area contributed by atoms with Gasteiger partial charge in [-0.1, -0.05) is 4.49 Å². The van der Waals surface area contributed by atoms with Gasteiger partial charge in [0.1, 0.15) is 5.69 Å². The number of nitrogens with zero attached hydrogens (tertiary/aromatic N) is 3. The van der Waals surface area contributed by atoms with Crippen LogP contribution in [0.15, 0.2) is 29.9 Å². The Morgan fingerprint density at radius 2 is 2.25 bits per heavy atom. The summed E-state index contributed by atoms with van der Waals surface area (Å²) in [4.78, 5) is 11.0. The number of hydrogen-bond donors (Lipinski definition) is 0. The Kier molecular flexibility index (Phi) is 3.21. The molecule has 5 nitrogen and oxygen atoms in total. The van der Waals surface area contributed by atoms with Crippen molar-refractivity contribution in [2.75, 3.05) is 7.11 Å². The van der Waals surface area contributed by atoms with Gasteiger partial charge in [-0.15, -0.1) is 5.10 Å². The first-order chi connectivity index (χ1) is 7.79. The monoisotopic (exact) mass is 236 g/mol. The van der Waals surface area contributed by atoms with E-state index in [1.54, 1.807) is 4.57 Å². The second-order valence-electron chi connectivity index (χ2n) is 3.13. The Balaban J connectivity index is 2.14. The molecule has 0 amide bonds. The Morgan fingerprint density at radius 1 is 1.50 bits per heavy atom. The molecule has 0 unspecified atom stereocenters. The molecule has 0 aliphatic heterocycles. The molecule has 6 heteroatoms. The molecule has 0 aliphatic carbocycles. The smallest absolute Gasteiger partial charge is 0.372 e. The molecule has 2 aromatic heterocycles. The first-order valence-corrected chi connectivity index (χ1v) is 5.46. The van der Waals surface area contributed by atoms with Crippen LogP contribution >= 0.6 is 11.5 Å². The lowest BCUT2D eigenvalue weighted by molar-refractivity contribution is -0.685. The van der Waals surface area contributed by atoms with E-state index in [4.69, 9.17) is 0 Å². The standard InChI is InChI=1S/C10H10N3O2S/c1-15-10(14)6-13-4-2-8(3-5-13)9-7-16-12-11-9/h2-5,7H,6H2,1H3/q+1. The highest BCUT2D eigenvalue weighted by Crippen LogP contribution is 2.14. The molecule has 0 saturated carbocycles. The quantitative estimate of drug-likeness (QED) is 0.580. The zero-order valence-corrected chi connectivity index (χ0v) is 9.48. The minimum atomic E-state index is -0.270. The van der Waals surface area contributed by atoms with Gasteiger partial charge in [0.25, 0.3) is 0 Å². The molecule has 2 heterocycles. The summed E-state index contributed by atoms with van der Waals surface area (Å²) in [5, 5.41) is 5.84. The van der Waals surface area contributed by atoms with E-state index in [-0.39, 0.29) is 12.5 Å². The summed E-state index contributed by atoms with van der Waals surface area (Å²) in [6, 6.07) is 3.78. The highest BCUT2D eigenvalue weighted by molar-refractivity contribution is 7.03. The van der Waals surface area contributed by atoms with Crippen molar-refractivity contribution >= 4 is 17.5 Å². The largest absolute Gasteiger partial charge is 0.464 e. The molecule has 0 aromatic carbocycles. The Morgan fingerprint density at radius 3 is 2.81 bits per heavy atom. The van der Waals surface area contributed by atoms with Crippen molar-refractivity contribution in [1.29, 1.82) is 0 Å². The Labute approximate surface area is 96.5 Å². The van der Waals surface area contributed by atoms with Crippen LogP contribution in [0.25, 0.3) is 11.3 Å². The van der Waals surface area contributed by atoms with E-state index in [0.717, 1.165) is 11.3 Å². The van der Waals surface area contributed by atoms with Gasteiger partial charge in [0.15, 0.2) is 12.4 Å². The fourth-order valence-corrected chi connectivity index (χ4v) is 1.70. The van der Waals surface area contributed by atoms with E-state index < -0.39 is 0 Å². The van der Waals surface area contributed by atoms with Crippen LogP contribution in [0.4, 0.5) is 0 Å².